The van der Waals surface area contributed by atoms with Crippen LogP contribution in [0, 0.1) is 5.92 Å². The summed E-state index contributed by atoms with van der Waals surface area (Å²) < 4.78 is 0. The first-order valence-corrected chi connectivity index (χ1v) is 7.43. The predicted octanol–water partition coefficient (Wildman–Crippen LogP) is 0.455. The van der Waals surface area contributed by atoms with Crippen LogP contribution in [0.3, 0.4) is 0 Å². The van der Waals surface area contributed by atoms with Gasteiger partial charge in [0.2, 0.25) is 11.8 Å². The van der Waals surface area contributed by atoms with Crippen LogP contribution in [0.2, 0.25) is 0 Å². The highest BCUT2D eigenvalue weighted by Crippen LogP contribution is 2.17. The maximum Gasteiger partial charge on any atom is 0.240 e. The number of hydrogen-bond acceptors (Lipinski definition) is 3. The highest BCUT2D eigenvalue weighted by molar-refractivity contribution is 5.83. The lowest BCUT2D eigenvalue weighted by atomic mass is 10.0. The summed E-state index contributed by atoms with van der Waals surface area (Å²) in [4.78, 5) is 28.0. The van der Waals surface area contributed by atoms with Crippen molar-refractivity contribution in [2.24, 2.45) is 5.92 Å². The molecular formula is C14H25N3O2. The molecule has 2 amide bonds. The molecule has 0 saturated carbocycles. The molecule has 2 aliphatic rings. The summed E-state index contributed by atoms with van der Waals surface area (Å²) in [5.74, 6) is 0.835. The van der Waals surface area contributed by atoms with Crippen LogP contribution in [-0.4, -0.2) is 60.4 Å². The molecule has 0 radical (unpaired) electrons. The van der Waals surface area contributed by atoms with E-state index in [4.69, 9.17) is 0 Å². The number of carbonyl (C=O) groups excluding carboxylic acids is 2. The summed E-state index contributed by atoms with van der Waals surface area (Å²) in [5.41, 5.74) is 0. The molecule has 5 nitrogen and oxygen atoms in total. The third-order valence-corrected chi connectivity index (χ3v) is 4.26. The van der Waals surface area contributed by atoms with Crippen LogP contribution in [0.25, 0.3) is 0 Å². The average molecular weight is 267 g/mol. The third kappa shape index (κ3) is 3.26. The van der Waals surface area contributed by atoms with Gasteiger partial charge in [-0.2, -0.15) is 0 Å². The summed E-state index contributed by atoms with van der Waals surface area (Å²) in [7, 11) is 0. The van der Waals surface area contributed by atoms with Crippen LogP contribution in [0.15, 0.2) is 0 Å². The van der Waals surface area contributed by atoms with E-state index in [1.807, 2.05) is 16.7 Å². The van der Waals surface area contributed by atoms with Gasteiger partial charge in [-0.05, 0) is 25.3 Å². The number of carbonyl (C=O) groups is 2. The van der Waals surface area contributed by atoms with E-state index >= 15 is 0 Å². The first-order chi connectivity index (χ1) is 9.13. The van der Waals surface area contributed by atoms with Crippen molar-refractivity contribution < 1.29 is 9.59 Å². The monoisotopic (exact) mass is 267 g/mol. The van der Waals surface area contributed by atoms with E-state index in [1.165, 1.54) is 0 Å². The summed E-state index contributed by atoms with van der Waals surface area (Å²) in [6, 6.07) is -0.0200. The lowest BCUT2D eigenvalue weighted by molar-refractivity contribution is -0.135. The Balaban J connectivity index is 1.91. The highest BCUT2D eigenvalue weighted by atomic mass is 16.2. The lowest BCUT2D eigenvalue weighted by Crippen LogP contribution is -2.47. The molecule has 0 aromatic heterocycles. The molecule has 0 aromatic rings. The highest BCUT2D eigenvalue weighted by Gasteiger charge is 2.33. The predicted molar refractivity (Wildman–Crippen MR) is 73.6 cm³/mol. The molecule has 1 N–H and O–H groups in total. The van der Waals surface area contributed by atoms with Crippen molar-refractivity contribution in [1.82, 2.24) is 15.1 Å². The van der Waals surface area contributed by atoms with Gasteiger partial charge >= 0.3 is 0 Å². The van der Waals surface area contributed by atoms with Crippen molar-refractivity contribution in [3.05, 3.63) is 0 Å². The molecule has 2 rings (SSSR count). The van der Waals surface area contributed by atoms with Gasteiger partial charge in [0.25, 0.3) is 0 Å². The fraction of sp³-hybridized carbons (Fsp3) is 0.857. The fourth-order valence-electron chi connectivity index (χ4n) is 2.97. The van der Waals surface area contributed by atoms with E-state index in [2.05, 4.69) is 12.2 Å². The van der Waals surface area contributed by atoms with Crippen molar-refractivity contribution in [2.45, 2.75) is 39.2 Å². The van der Waals surface area contributed by atoms with E-state index in [1.54, 1.807) is 0 Å². The van der Waals surface area contributed by atoms with Crippen LogP contribution in [0.4, 0.5) is 0 Å². The molecule has 2 unspecified atom stereocenters. The maximum absolute atomic E-state index is 12.5. The first-order valence-electron chi connectivity index (χ1n) is 7.43. The second-order valence-electron chi connectivity index (χ2n) is 5.61. The molecule has 108 valence electrons. The fourth-order valence-corrected chi connectivity index (χ4v) is 2.97. The molecule has 2 atom stereocenters. The first kappa shape index (κ1) is 14.3. The topological polar surface area (TPSA) is 52.7 Å². The standard InChI is InChI=1S/C14H25N3O2/c1-3-12(18)16-7-4-8-17(10-9-16)14(19)13-11(2)5-6-15-13/h11,13,15H,3-10H2,1-2H3. The Kier molecular flexibility index (Phi) is 4.80. The summed E-state index contributed by atoms with van der Waals surface area (Å²) in [5, 5.41) is 3.30. The smallest absolute Gasteiger partial charge is 0.240 e. The SMILES string of the molecule is CCC(=O)N1CCCN(C(=O)C2NCCC2C)CC1. The van der Waals surface area contributed by atoms with Crippen LogP contribution in [0.5, 0.6) is 0 Å². The minimum absolute atomic E-state index is 0.0200. The van der Waals surface area contributed by atoms with E-state index in [0.717, 1.165) is 32.5 Å². The maximum atomic E-state index is 12.5. The lowest BCUT2D eigenvalue weighted by Gasteiger charge is -2.26. The molecule has 0 aromatic carbocycles. The molecule has 2 aliphatic heterocycles. The van der Waals surface area contributed by atoms with Crippen molar-refractivity contribution in [3.63, 3.8) is 0 Å². The Bertz CT molecular complexity index is 346. The second-order valence-corrected chi connectivity index (χ2v) is 5.61. The van der Waals surface area contributed by atoms with Gasteiger partial charge < -0.3 is 15.1 Å². The molecule has 0 bridgehead atoms. The zero-order chi connectivity index (χ0) is 13.8. The number of nitrogens with one attached hydrogen (secondary N) is 1. The van der Waals surface area contributed by atoms with Gasteiger partial charge in [0.15, 0.2) is 0 Å². The van der Waals surface area contributed by atoms with E-state index in [-0.39, 0.29) is 17.9 Å². The molecule has 0 aliphatic carbocycles. The second kappa shape index (κ2) is 6.37. The Hall–Kier alpha value is -1.10. The zero-order valence-electron chi connectivity index (χ0n) is 12.0. The van der Waals surface area contributed by atoms with Crippen LogP contribution >= 0.6 is 0 Å². The summed E-state index contributed by atoms with van der Waals surface area (Å²) >= 11 is 0. The molecule has 2 heterocycles. The van der Waals surface area contributed by atoms with Crippen molar-refractivity contribution in [2.75, 3.05) is 32.7 Å². The number of nitrogens with zero attached hydrogens (tertiary/aromatic N) is 2. The Labute approximate surface area is 115 Å². The van der Waals surface area contributed by atoms with Crippen molar-refractivity contribution in [1.29, 1.82) is 0 Å². The quantitative estimate of drug-likeness (QED) is 0.790. The Morgan fingerprint density at radius 3 is 2.47 bits per heavy atom. The van der Waals surface area contributed by atoms with Gasteiger partial charge in [-0.1, -0.05) is 13.8 Å². The van der Waals surface area contributed by atoms with Crippen molar-refractivity contribution >= 4 is 11.8 Å². The minimum atomic E-state index is -0.0200. The van der Waals surface area contributed by atoms with Crippen LogP contribution in [0.1, 0.15) is 33.1 Å². The zero-order valence-corrected chi connectivity index (χ0v) is 12.0. The van der Waals surface area contributed by atoms with Crippen LogP contribution < -0.4 is 5.32 Å². The average Bonchev–Trinajstić information content (AvgIpc) is 2.70. The van der Waals surface area contributed by atoms with Crippen molar-refractivity contribution in [3.8, 4) is 0 Å². The number of hydrogen-bond donors (Lipinski definition) is 1. The summed E-state index contributed by atoms with van der Waals surface area (Å²) in [6.07, 6.45) is 2.51. The molecule has 0 spiro atoms. The van der Waals surface area contributed by atoms with Gasteiger partial charge in [-0.25, -0.2) is 0 Å². The van der Waals surface area contributed by atoms with E-state index in [9.17, 15) is 9.59 Å². The molecular weight excluding hydrogens is 242 g/mol. The summed E-state index contributed by atoms with van der Waals surface area (Å²) in [6.45, 7) is 7.87. The largest absolute Gasteiger partial charge is 0.341 e. The third-order valence-electron chi connectivity index (χ3n) is 4.26. The Morgan fingerprint density at radius 2 is 1.84 bits per heavy atom. The minimum Gasteiger partial charge on any atom is -0.341 e. The number of amides is 2. The van der Waals surface area contributed by atoms with Gasteiger partial charge in [0.05, 0.1) is 6.04 Å². The molecule has 19 heavy (non-hydrogen) atoms. The van der Waals surface area contributed by atoms with Gasteiger partial charge in [0.1, 0.15) is 0 Å². The molecule has 2 saturated heterocycles. The normalized spacial score (nSPS) is 28.3. The van der Waals surface area contributed by atoms with Gasteiger partial charge in [-0.15, -0.1) is 0 Å². The van der Waals surface area contributed by atoms with Gasteiger partial charge in [-0.3, -0.25) is 9.59 Å². The van der Waals surface area contributed by atoms with Crippen LogP contribution in [-0.2, 0) is 9.59 Å². The van der Waals surface area contributed by atoms with Gasteiger partial charge in [0, 0.05) is 32.6 Å². The molecule has 2 fully saturated rings. The van der Waals surface area contributed by atoms with E-state index < -0.39 is 0 Å². The molecule has 5 heteroatoms. The Morgan fingerprint density at radius 1 is 1.16 bits per heavy atom. The van der Waals surface area contributed by atoms with E-state index in [0.29, 0.717) is 25.4 Å². The number of rotatable bonds is 2.